The van der Waals surface area contributed by atoms with Crippen LogP contribution in [-0.2, 0) is 6.54 Å². The van der Waals surface area contributed by atoms with Crippen molar-refractivity contribution in [3.8, 4) is 0 Å². The van der Waals surface area contributed by atoms with Gasteiger partial charge in [-0.25, -0.2) is 0 Å². The highest BCUT2D eigenvalue weighted by Gasteiger charge is 2.25. The van der Waals surface area contributed by atoms with Crippen molar-refractivity contribution in [1.82, 2.24) is 4.90 Å². The standard InChI is InChI=1S/C18H24N2O2S/c1-4-15(12-21)20(11-14-9-10-23-13-14)18(22)16-7-5-6-8-17(16)19(2)3/h5-10,13,15,21H,4,11-12H2,1-3H3/t15-/m1/s1. The third-order valence-corrected chi connectivity index (χ3v) is 4.66. The second kappa shape index (κ2) is 8.13. The fourth-order valence-corrected chi connectivity index (χ4v) is 3.25. The molecule has 0 aliphatic heterocycles. The van der Waals surface area contributed by atoms with Crippen molar-refractivity contribution in [1.29, 1.82) is 0 Å². The van der Waals surface area contributed by atoms with Crippen LogP contribution in [0.2, 0.25) is 0 Å². The summed E-state index contributed by atoms with van der Waals surface area (Å²) in [5, 5.41) is 13.7. The van der Waals surface area contributed by atoms with Gasteiger partial charge in [0.05, 0.1) is 18.2 Å². The molecule has 1 amide bonds. The van der Waals surface area contributed by atoms with E-state index < -0.39 is 0 Å². The van der Waals surface area contributed by atoms with E-state index in [2.05, 4.69) is 0 Å². The molecule has 0 bridgehead atoms. The Kier molecular flexibility index (Phi) is 6.19. The molecule has 0 saturated carbocycles. The molecule has 5 heteroatoms. The maximum Gasteiger partial charge on any atom is 0.256 e. The van der Waals surface area contributed by atoms with E-state index in [9.17, 15) is 9.90 Å². The Bertz CT molecular complexity index is 622. The average molecular weight is 332 g/mol. The minimum Gasteiger partial charge on any atom is -0.394 e. The monoisotopic (exact) mass is 332 g/mol. The number of hydrogen-bond donors (Lipinski definition) is 1. The molecule has 124 valence electrons. The van der Waals surface area contributed by atoms with E-state index in [-0.39, 0.29) is 18.6 Å². The number of benzene rings is 1. The highest BCUT2D eigenvalue weighted by Crippen LogP contribution is 2.23. The lowest BCUT2D eigenvalue weighted by Gasteiger charge is -2.31. The van der Waals surface area contributed by atoms with Crippen molar-refractivity contribution in [3.63, 3.8) is 0 Å². The average Bonchev–Trinajstić information content (AvgIpc) is 3.07. The molecule has 23 heavy (non-hydrogen) atoms. The van der Waals surface area contributed by atoms with Gasteiger partial charge in [0.15, 0.2) is 0 Å². The molecule has 0 aliphatic rings. The summed E-state index contributed by atoms with van der Waals surface area (Å²) in [4.78, 5) is 16.9. The number of amides is 1. The summed E-state index contributed by atoms with van der Waals surface area (Å²) in [6.07, 6.45) is 0.719. The van der Waals surface area contributed by atoms with Crippen LogP contribution in [0.25, 0.3) is 0 Å². The van der Waals surface area contributed by atoms with Gasteiger partial charge in [-0.3, -0.25) is 4.79 Å². The van der Waals surface area contributed by atoms with E-state index in [4.69, 9.17) is 0 Å². The van der Waals surface area contributed by atoms with E-state index in [1.54, 1.807) is 16.2 Å². The summed E-state index contributed by atoms with van der Waals surface area (Å²) >= 11 is 1.62. The van der Waals surface area contributed by atoms with Crippen LogP contribution in [-0.4, -0.2) is 42.7 Å². The number of rotatable bonds is 7. The van der Waals surface area contributed by atoms with Gasteiger partial charge in [-0.1, -0.05) is 19.1 Å². The highest BCUT2D eigenvalue weighted by molar-refractivity contribution is 7.07. The summed E-state index contributed by atoms with van der Waals surface area (Å²) in [6, 6.07) is 9.44. The first-order valence-corrected chi connectivity index (χ1v) is 8.72. The molecule has 0 unspecified atom stereocenters. The van der Waals surface area contributed by atoms with E-state index in [1.165, 1.54) is 0 Å². The zero-order chi connectivity index (χ0) is 16.8. The molecule has 2 rings (SSSR count). The Hall–Kier alpha value is -1.85. The summed E-state index contributed by atoms with van der Waals surface area (Å²) < 4.78 is 0. The van der Waals surface area contributed by atoms with Gasteiger partial charge in [-0.15, -0.1) is 0 Å². The Labute approximate surface area is 142 Å². The van der Waals surface area contributed by atoms with Crippen LogP contribution in [0.3, 0.4) is 0 Å². The van der Waals surface area contributed by atoms with Crippen LogP contribution >= 0.6 is 11.3 Å². The van der Waals surface area contributed by atoms with Gasteiger partial charge in [-0.2, -0.15) is 11.3 Å². The van der Waals surface area contributed by atoms with Crippen molar-refractivity contribution < 1.29 is 9.90 Å². The van der Waals surface area contributed by atoms with Gasteiger partial charge in [0.2, 0.25) is 0 Å². The molecule has 0 fully saturated rings. The highest BCUT2D eigenvalue weighted by atomic mass is 32.1. The van der Waals surface area contributed by atoms with Crippen molar-refractivity contribution in [2.45, 2.75) is 25.9 Å². The van der Waals surface area contributed by atoms with E-state index in [0.29, 0.717) is 12.1 Å². The number of anilines is 1. The quantitative estimate of drug-likeness (QED) is 0.846. The molecule has 0 saturated heterocycles. The Balaban J connectivity index is 2.36. The lowest BCUT2D eigenvalue weighted by atomic mass is 10.1. The van der Waals surface area contributed by atoms with Crippen LogP contribution in [0.5, 0.6) is 0 Å². The molecule has 1 aromatic carbocycles. The van der Waals surface area contributed by atoms with E-state index in [1.807, 2.05) is 67.0 Å². The SMILES string of the molecule is CC[C@H](CO)N(Cc1ccsc1)C(=O)c1ccccc1N(C)C. The number of carbonyl (C=O) groups is 1. The second-order valence-electron chi connectivity index (χ2n) is 5.72. The maximum atomic E-state index is 13.1. The van der Waals surface area contributed by atoms with Crippen molar-refractivity contribution in [3.05, 3.63) is 52.2 Å². The summed E-state index contributed by atoms with van der Waals surface area (Å²) in [5.74, 6) is -0.0404. The van der Waals surface area contributed by atoms with Crippen molar-refractivity contribution in [2.24, 2.45) is 0 Å². The normalized spacial score (nSPS) is 12.0. The molecule has 1 N–H and O–H groups in total. The summed E-state index contributed by atoms with van der Waals surface area (Å²) in [7, 11) is 3.86. The maximum absolute atomic E-state index is 13.1. The summed E-state index contributed by atoms with van der Waals surface area (Å²) in [6.45, 7) is 2.48. The fourth-order valence-electron chi connectivity index (χ4n) is 2.59. The van der Waals surface area contributed by atoms with Crippen LogP contribution < -0.4 is 4.90 Å². The zero-order valence-corrected chi connectivity index (χ0v) is 14.7. The lowest BCUT2D eigenvalue weighted by molar-refractivity contribution is 0.0565. The number of carbonyl (C=O) groups excluding carboxylic acids is 1. The lowest BCUT2D eigenvalue weighted by Crippen LogP contribution is -2.42. The first-order valence-electron chi connectivity index (χ1n) is 7.77. The largest absolute Gasteiger partial charge is 0.394 e. The van der Waals surface area contributed by atoms with E-state index >= 15 is 0 Å². The first-order chi connectivity index (χ1) is 11.1. The van der Waals surface area contributed by atoms with Crippen molar-refractivity contribution >= 4 is 22.9 Å². The predicted octanol–water partition coefficient (Wildman–Crippen LogP) is 3.23. The summed E-state index contributed by atoms with van der Waals surface area (Å²) in [5.41, 5.74) is 2.65. The zero-order valence-electron chi connectivity index (χ0n) is 13.9. The first kappa shape index (κ1) is 17.5. The Morgan fingerprint density at radius 3 is 2.57 bits per heavy atom. The molecule has 2 aromatic rings. The number of para-hydroxylation sites is 1. The van der Waals surface area contributed by atoms with Gasteiger partial charge < -0.3 is 14.9 Å². The molecule has 1 atom stereocenters. The van der Waals surface area contributed by atoms with Gasteiger partial charge in [0.1, 0.15) is 0 Å². The minimum absolute atomic E-state index is 0.0312. The van der Waals surface area contributed by atoms with Gasteiger partial charge >= 0.3 is 0 Å². The van der Waals surface area contributed by atoms with Crippen LogP contribution in [0.4, 0.5) is 5.69 Å². The van der Waals surface area contributed by atoms with Crippen LogP contribution in [0.15, 0.2) is 41.1 Å². The van der Waals surface area contributed by atoms with Crippen LogP contribution in [0, 0.1) is 0 Å². The number of hydrogen-bond acceptors (Lipinski definition) is 4. The number of nitrogens with zero attached hydrogens (tertiary/aromatic N) is 2. The van der Waals surface area contributed by atoms with Gasteiger partial charge in [0, 0.05) is 26.3 Å². The molecule has 0 aliphatic carbocycles. The molecular formula is C18H24N2O2S. The molecule has 0 spiro atoms. The van der Waals surface area contributed by atoms with Crippen LogP contribution in [0.1, 0.15) is 29.3 Å². The Morgan fingerprint density at radius 1 is 1.26 bits per heavy atom. The molecular weight excluding hydrogens is 308 g/mol. The minimum atomic E-state index is -0.183. The third-order valence-electron chi connectivity index (χ3n) is 3.93. The molecule has 1 heterocycles. The Morgan fingerprint density at radius 2 is 2.00 bits per heavy atom. The number of aliphatic hydroxyl groups is 1. The molecule has 1 aromatic heterocycles. The van der Waals surface area contributed by atoms with Crippen molar-refractivity contribution in [2.75, 3.05) is 25.6 Å². The number of thiophene rings is 1. The number of aliphatic hydroxyl groups excluding tert-OH is 1. The molecule has 0 radical (unpaired) electrons. The third kappa shape index (κ3) is 4.12. The molecule has 4 nitrogen and oxygen atoms in total. The topological polar surface area (TPSA) is 43.8 Å². The fraction of sp³-hybridized carbons (Fsp3) is 0.389. The second-order valence-corrected chi connectivity index (χ2v) is 6.50. The van der Waals surface area contributed by atoms with Gasteiger partial charge in [0.25, 0.3) is 5.91 Å². The smallest absolute Gasteiger partial charge is 0.256 e. The van der Waals surface area contributed by atoms with Gasteiger partial charge in [-0.05, 0) is 40.9 Å². The van der Waals surface area contributed by atoms with E-state index in [0.717, 1.165) is 17.7 Å². The predicted molar refractivity (Wildman–Crippen MR) is 96.1 cm³/mol.